The van der Waals surface area contributed by atoms with E-state index in [-0.39, 0.29) is 6.61 Å². The zero-order valence-electron chi connectivity index (χ0n) is 11.5. The summed E-state index contributed by atoms with van der Waals surface area (Å²) in [5, 5.41) is 25.4. The van der Waals surface area contributed by atoms with Crippen LogP contribution in [0.15, 0.2) is 5.16 Å². The van der Waals surface area contributed by atoms with Crippen LogP contribution < -0.4 is 5.32 Å². The molecule has 1 aromatic heterocycles. The van der Waals surface area contributed by atoms with Gasteiger partial charge in [0.2, 0.25) is 5.16 Å². The van der Waals surface area contributed by atoms with Gasteiger partial charge in [0.25, 0.3) is 0 Å². The van der Waals surface area contributed by atoms with Gasteiger partial charge < -0.3 is 10.4 Å². The first-order valence-electron chi connectivity index (χ1n) is 7.10. The Morgan fingerprint density at radius 1 is 1.47 bits per heavy atom. The zero-order valence-corrected chi connectivity index (χ0v) is 12.3. The number of aromatic nitrogens is 4. The van der Waals surface area contributed by atoms with E-state index in [1.165, 1.54) is 25.7 Å². The van der Waals surface area contributed by atoms with Gasteiger partial charge in [0.05, 0.1) is 6.04 Å². The lowest BCUT2D eigenvalue weighted by Gasteiger charge is -2.16. The van der Waals surface area contributed by atoms with Gasteiger partial charge in [-0.05, 0) is 36.2 Å². The van der Waals surface area contributed by atoms with Crippen LogP contribution in [-0.4, -0.2) is 50.3 Å². The van der Waals surface area contributed by atoms with E-state index in [1.54, 1.807) is 11.8 Å². The second kappa shape index (κ2) is 7.81. The van der Waals surface area contributed by atoms with Crippen LogP contribution in [0.5, 0.6) is 0 Å². The Labute approximate surface area is 118 Å². The van der Waals surface area contributed by atoms with Crippen LogP contribution in [0.2, 0.25) is 0 Å². The Kier molecular flexibility index (Phi) is 6.06. The maximum Gasteiger partial charge on any atom is 0.209 e. The normalized spacial score (nSPS) is 18.0. The van der Waals surface area contributed by atoms with Gasteiger partial charge in [-0.2, -0.15) is 0 Å². The number of rotatable bonds is 8. The third-order valence-electron chi connectivity index (χ3n) is 3.52. The largest absolute Gasteiger partial charge is 0.396 e. The average Bonchev–Trinajstić information content (AvgIpc) is 3.07. The summed E-state index contributed by atoms with van der Waals surface area (Å²) in [6, 6.07) is 0.793. The first kappa shape index (κ1) is 14.7. The van der Waals surface area contributed by atoms with Crippen molar-refractivity contribution >= 4 is 11.8 Å². The average molecular weight is 285 g/mol. The van der Waals surface area contributed by atoms with Crippen molar-refractivity contribution in [3.63, 3.8) is 0 Å². The third-order valence-corrected chi connectivity index (χ3v) is 4.61. The summed E-state index contributed by atoms with van der Waals surface area (Å²) < 4.78 is 1.99. The maximum absolute atomic E-state index is 9.05. The highest BCUT2D eigenvalue weighted by molar-refractivity contribution is 7.99. The smallest absolute Gasteiger partial charge is 0.209 e. The van der Waals surface area contributed by atoms with Crippen molar-refractivity contribution in [3.05, 3.63) is 0 Å². The van der Waals surface area contributed by atoms with E-state index in [0.717, 1.165) is 23.9 Å². The molecule has 1 heterocycles. The van der Waals surface area contributed by atoms with Gasteiger partial charge in [0, 0.05) is 18.4 Å². The molecule has 1 atom stereocenters. The molecule has 0 bridgehead atoms. The number of thioether (sulfide) groups is 1. The van der Waals surface area contributed by atoms with E-state index < -0.39 is 0 Å². The van der Waals surface area contributed by atoms with Crippen LogP contribution in [0.1, 0.15) is 45.1 Å². The van der Waals surface area contributed by atoms with Gasteiger partial charge in [-0.15, -0.1) is 5.10 Å². The minimum Gasteiger partial charge on any atom is -0.396 e. The number of hydrogen-bond donors (Lipinski definition) is 2. The highest BCUT2D eigenvalue weighted by Crippen LogP contribution is 2.31. The molecule has 7 heteroatoms. The lowest BCUT2D eigenvalue weighted by atomic mass is 10.2. The molecule has 0 spiro atoms. The molecule has 0 amide bonds. The second-order valence-corrected chi connectivity index (χ2v) is 5.91. The molecule has 1 fully saturated rings. The predicted octanol–water partition coefficient (Wildman–Crippen LogP) is 1.24. The first-order valence-corrected chi connectivity index (χ1v) is 8.08. The molecule has 19 heavy (non-hydrogen) atoms. The Balaban J connectivity index is 1.89. The molecule has 2 N–H and O–H groups in total. The van der Waals surface area contributed by atoms with E-state index >= 15 is 0 Å². The topological polar surface area (TPSA) is 75.9 Å². The van der Waals surface area contributed by atoms with Crippen LogP contribution in [0, 0.1) is 0 Å². The van der Waals surface area contributed by atoms with Crippen molar-refractivity contribution in [1.82, 2.24) is 25.5 Å². The lowest BCUT2D eigenvalue weighted by molar-refractivity contribution is 0.271. The van der Waals surface area contributed by atoms with E-state index in [0.29, 0.717) is 12.1 Å². The molecule has 1 saturated carbocycles. The number of aliphatic hydroxyl groups is 1. The van der Waals surface area contributed by atoms with Crippen LogP contribution >= 0.6 is 11.8 Å². The molecule has 0 saturated heterocycles. The minimum absolute atomic E-state index is 0.214. The van der Waals surface area contributed by atoms with E-state index in [4.69, 9.17) is 5.11 Å². The Bertz CT molecular complexity index is 361. The van der Waals surface area contributed by atoms with Crippen molar-refractivity contribution in [2.24, 2.45) is 0 Å². The number of tetrazole rings is 1. The number of nitrogens with one attached hydrogen (secondary N) is 1. The van der Waals surface area contributed by atoms with Crippen molar-refractivity contribution in [2.75, 3.05) is 18.9 Å². The molecule has 6 nitrogen and oxygen atoms in total. The maximum atomic E-state index is 9.05. The van der Waals surface area contributed by atoms with E-state index in [1.807, 2.05) is 4.68 Å². The summed E-state index contributed by atoms with van der Waals surface area (Å²) >= 11 is 1.68. The van der Waals surface area contributed by atoms with Gasteiger partial charge in [-0.3, -0.25) is 0 Å². The minimum atomic E-state index is 0.214. The molecule has 1 unspecified atom stereocenters. The SMILES string of the molecule is CCNC(CCO)CSc1nnnn1C1CCCC1. The summed E-state index contributed by atoms with van der Waals surface area (Å²) in [7, 11) is 0. The number of aliphatic hydroxyl groups excluding tert-OH is 1. The number of nitrogens with zero attached hydrogens (tertiary/aromatic N) is 4. The van der Waals surface area contributed by atoms with Crippen molar-refractivity contribution < 1.29 is 5.11 Å². The molecule has 0 aromatic carbocycles. The molecule has 2 rings (SSSR count). The summed E-state index contributed by atoms with van der Waals surface area (Å²) in [6.45, 7) is 3.21. The third kappa shape index (κ3) is 4.15. The van der Waals surface area contributed by atoms with Crippen molar-refractivity contribution in [1.29, 1.82) is 0 Å². The molecular weight excluding hydrogens is 262 g/mol. The fourth-order valence-electron chi connectivity index (χ4n) is 2.52. The summed E-state index contributed by atoms with van der Waals surface area (Å²) in [6.07, 6.45) is 5.70. The molecule has 0 radical (unpaired) electrons. The monoisotopic (exact) mass is 285 g/mol. The fraction of sp³-hybridized carbons (Fsp3) is 0.917. The molecule has 1 aliphatic carbocycles. The standard InChI is InChI=1S/C12H23N5OS/c1-2-13-10(7-8-18)9-19-12-14-15-16-17(12)11-5-3-4-6-11/h10-11,13,18H,2-9H2,1H3. The van der Waals surface area contributed by atoms with Gasteiger partial charge >= 0.3 is 0 Å². The Hall–Kier alpha value is -0.660. The zero-order chi connectivity index (χ0) is 13.5. The molecule has 108 valence electrons. The van der Waals surface area contributed by atoms with Gasteiger partial charge in [0.1, 0.15) is 0 Å². The van der Waals surface area contributed by atoms with Gasteiger partial charge in [-0.25, -0.2) is 4.68 Å². The van der Waals surface area contributed by atoms with Crippen molar-refractivity contribution in [2.45, 2.75) is 56.3 Å². The predicted molar refractivity (Wildman–Crippen MR) is 75.2 cm³/mol. The van der Waals surface area contributed by atoms with Crippen LogP contribution in [-0.2, 0) is 0 Å². The first-order chi connectivity index (χ1) is 9.35. The number of hydrogen-bond acceptors (Lipinski definition) is 6. The van der Waals surface area contributed by atoms with E-state index in [9.17, 15) is 0 Å². The molecular formula is C12H23N5OS. The van der Waals surface area contributed by atoms with Gasteiger partial charge in [-0.1, -0.05) is 31.5 Å². The highest BCUT2D eigenvalue weighted by atomic mass is 32.2. The van der Waals surface area contributed by atoms with Gasteiger partial charge in [0.15, 0.2) is 0 Å². The molecule has 1 aliphatic rings. The van der Waals surface area contributed by atoms with Crippen LogP contribution in [0.3, 0.4) is 0 Å². The fourth-order valence-corrected chi connectivity index (χ4v) is 3.57. The van der Waals surface area contributed by atoms with Crippen LogP contribution in [0.25, 0.3) is 0 Å². The van der Waals surface area contributed by atoms with Crippen molar-refractivity contribution in [3.8, 4) is 0 Å². The second-order valence-electron chi connectivity index (χ2n) is 4.92. The lowest BCUT2D eigenvalue weighted by Crippen LogP contribution is -2.32. The quantitative estimate of drug-likeness (QED) is 0.700. The molecule has 0 aliphatic heterocycles. The van der Waals surface area contributed by atoms with E-state index in [2.05, 4.69) is 27.8 Å². The Morgan fingerprint density at radius 3 is 2.95 bits per heavy atom. The summed E-state index contributed by atoms with van der Waals surface area (Å²) in [5.41, 5.74) is 0. The Morgan fingerprint density at radius 2 is 2.26 bits per heavy atom. The molecule has 1 aromatic rings. The summed E-state index contributed by atoms with van der Waals surface area (Å²) in [4.78, 5) is 0. The highest BCUT2D eigenvalue weighted by Gasteiger charge is 2.22. The van der Waals surface area contributed by atoms with Crippen LogP contribution in [0.4, 0.5) is 0 Å². The summed E-state index contributed by atoms with van der Waals surface area (Å²) in [5.74, 6) is 0.890.